The molecule has 0 aliphatic heterocycles. The lowest BCUT2D eigenvalue weighted by Gasteiger charge is -1.97. The van der Waals surface area contributed by atoms with Crippen LogP contribution >= 0.6 is 0 Å². The number of aryl methyl sites for hydroxylation is 2. The highest BCUT2D eigenvalue weighted by Gasteiger charge is 2.08. The third-order valence-corrected chi connectivity index (χ3v) is 1.88. The van der Waals surface area contributed by atoms with Crippen molar-refractivity contribution in [1.82, 2.24) is 19.5 Å². The van der Waals surface area contributed by atoms with Gasteiger partial charge in [-0.2, -0.15) is 0 Å². The molecule has 0 aromatic carbocycles. The molecular weight excluding hydrogens is 170 g/mol. The number of imidazole rings is 1. The molecule has 6 nitrogen and oxygen atoms in total. The van der Waals surface area contributed by atoms with Crippen LogP contribution in [0.2, 0.25) is 0 Å². The molecule has 68 valence electrons. The van der Waals surface area contributed by atoms with Gasteiger partial charge in [0.05, 0.1) is 0 Å². The van der Waals surface area contributed by atoms with Gasteiger partial charge >= 0.3 is 5.69 Å². The zero-order chi connectivity index (χ0) is 9.59. The van der Waals surface area contributed by atoms with Crippen molar-refractivity contribution in [2.24, 2.45) is 7.05 Å². The number of rotatable bonds is 0. The number of hydrogen-bond donors (Lipinski definition) is 2. The van der Waals surface area contributed by atoms with Crippen molar-refractivity contribution in [2.45, 2.75) is 6.92 Å². The maximum absolute atomic E-state index is 11.2. The number of nitrogens with two attached hydrogens (primary N) is 1. The zero-order valence-electron chi connectivity index (χ0n) is 7.33. The van der Waals surface area contributed by atoms with E-state index in [9.17, 15) is 4.79 Å². The Morgan fingerprint density at radius 1 is 1.46 bits per heavy atom. The van der Waals surface area contributed by atoms with E-state index in [2.05, 4.69) is 15.0 Å². The van der Waals surface area contributed by atoms with Crippen molar-refractivity contribution in [3.05, 3.63) is 16.3 Å². The van der Waals surface area contributed by atoms with E-state index in [1.54, 1.807) is 14.0 Å². The first kappa shape index (κ1) is 7.78. The predicted octanol–water partition coefficient (Wildman–Crippen LogP) is -0.453. The second-order valence-electron chi connectivity index (χ2n) is 2.84. The van der Waals surface area contributed by atoms with Crippen molar-refractivity contribution in [1.29, 1.82) is 0 Å². The summed E-state index contributed by atoms with van der Waals surface area (Å²) in [6, 6.07) is 0. The maximum Gasteiger partial charge on any atom is 0.327 e. The SMILES string of the molecule is Cc1nc(N)c2[nH]c(=O)n(C)c2n1. The van der Waals surface area contributed by atoms with Crippen LogP contribution < -0.4 is 11.4 Å². The summed E-state index contributed by atoms with van der Waals surface area (Å²) in [4.78, 5) is 21.8. The van der Waals surface area contributed by atoms with Gasteiger partial charge in [-0.25, -0.2) is 14.8 Å². The number of H-pyrrole nitrogens is 1. The third-order valence-electron chi connectivity index (χ3n) is 1.88. The first-order valence-electron chi connectivity index (χ1n) is 3.78. The van der Waals surface area contributed by atoms with Gasteiger partial charge in [0.25, 0.3) is 0 Å². The van der Waals surface area contributed by atoms with Gasteiger partial charge in [-0.05, 0) is 6.92 Å². The highest BCUT2D eigenvalue weighted by Crippen LogP contribution is 2.11. The van der Waals surface area contributed by atoms with Gasteiger partial charge in [0.1, 0.15) is 11.3 Å². The van der Waals surface area contributed by atoms with Crippen molar-refractivity contribution >= 4 is 17.0 Å². The number of hydrogen-bond acceptors (Lipinski definition) is 4. The Morgan fingerprint density at radius 3 is 2.85 bits per heavy atom. The highest BCUT2D eigenvalue weighted by atomic mass is 16.1. The Balaban J connectivity index is 3.03. The standard InChI is InChI=1S/C7H9N5O/c1-3-9-5(8)4-6(10-3)12(2)7(13)11-4/h1-2H3,(H,11,13)(H2,8,9,10). The maximum atomic E-state index is 11.2. The van der Waals surface area contributed by atoms with E-state index in [0.717, 1.165) is 0 Å². The van der Waals surface area contributed by atoms with Crippen LogP contribution in [-0.4, -0.2) is 19.5 Å². The number of nitrogens with one attached hydrogen (secondary N) is 1. The van der Waals surface area contributed by atoms with Gasteiger partial charge in [0, 0.05) is 7.05 Å². The molecule has 0 saturated carbocycles. The summed E-state index contributed by atoms with van der Waals surface area (Å²) in [6.45, 7) is 1.73. The molecule has 2 aromatic rings. The summed E-state index contributed by atoms with van der Waals surface area (Å²) in [7, 11) is 1.63. The normalized spacial score (nSPS) is 10.9. The van der Waals surface area contributed by atoms with Gasteiger partial charge in [-0.1, -0.05) is 0 Å². The molecule has 0 saturated heterocycles. The molecule has 3 N–H and O–H groups in total. The monoisotopic (exact) mass is 179 g/mol. The van der Waals surface area contributed by atoms with E-state index in [4.69, 9.17) is 5.73 Å². The predicted molar refractivity (Wildman–Crippen MR) is 48.3 cm³/mol. The van der Waals surface area contributed by atoms with Crippen molar-refractivity contribution < 1.29 is 0 Å². The summed E-state index contributed by atoms with van der Waals surface area (Å²) in [5.41, 5.74) is 6.41. The third kappa shape index (κ3) is 0.986. The molecule has 2 rings (SSSR count). The zero-order valence-corrected chi connectivity index (χ0v) is 7.33. The van der Waals surface area contributed by atoms with Gasteiger partial charge < -0.3 is 10.7 Å². The Labute approximate surface area is 73.4 Å². The number of anilines is 1. The van der Waals surface area contributed by atoms with Crippen LogP contribution in [0, 0.1) is 6.92 Å². The molecule has 0 spiro atoms. The van der Waals surface area contributed by atoms with Gasteiger partial charge in [0.15, 0.2) is 11.5 Å². The fourth-order valence-corrected chi connectivity index (χ4v) is 1.23. The van der Waals surface area contributed by atoms with Crippen molar-refractivity contribution in [2.75, 3.05) is 5.73 Å². The molecule has 0 unspecified atom stereocenters. The summed E-state index contributed by atoms with van der Waals surface area (Å²) in [5, 5.41) is 0. The minimum atomic E-state index is -0.235. The van der Waals surface area contributed by atoms with E-state index in [-0.39, 0.29) is 5.69 Å². The fourth-order valence-electron chi connectivity index (χ4n) is 1.23. The smallest absolute Gasteiger partial charge is 0.327 e. The lowest BCUT2D eigenvalue weighted by Crippen LogP contribution is -2.12. The molecular formula is C7H9N5O. The number of fused-ring (bicyclic) bond motifs is 1. The van der Waals surface area contributed by atoms with Crippen LogP contribution in [0.5, 0.6) is 0 Å². The summed E-state index contributed by atoms with van der Waals surface area (Å²) in [5.74, 6) is 0.861. The van der Waals surface area contributed by atoms with Crippen LogP contribution in [-0.2, 0) is 7.05 Å². The fraction of sp³-hybridized carbons (Fsp3) is 0.286. The molecule has 0 bridgehead atoms. The van der Waals surface area contributed by atoms with Crippen LogP contribution in [0.1, 0.15) is 5.82 Å². The molecule has 6 heteroatoms. The minimum Gasteiger partial charge on any atom is -0.382 e. The summed E-state index contributed by atoms with van der Waals surface area (Å²) >= 11 is 0. The summed E-state index contributed by atoms with van der Waals surface area (Å²) in [6.07, 6.45) is 0. The first-order valence-corrected chi connectivity index (χ1v) is 3.78. The second-order valence-corrected chi connectivity index (χ2v) is 2.84. The Kier molecular flexibility index (Phi) is 1.39. The summed E-state index contributed by atoms with van der Waals surface area (Å²) < 4.78 is 1.40. The van der Waals surface area contributed by atoms with E-state index >= 15 is 0 Å². The molecule has 0 fully saturated rings. The molecule has 2 aromatic heterocycles. The number of nitrogens with zero attached hydrogens (tertiary/aromatic N) is 3. The molecule has 0 aliphatic rings. The van der Waals surface area contributed by atoms with E-state index < -0.39 is 0 Å². The second kappa shape index (κ2) is 2.32. The van der Waals surface area contributed by atoms with E-state index in [1.807, 2.05) is 0 Å². The first-order chi connectivity index (χ1) is 6.09. The van der Waals surface area contributed by atoms with Crippen LogP contribution in [0.4, 0.5) is 5.82 Å². The largest absolute Gasteiger partial charge is 0.382 e. The number of nitrogen functional groups attached to an aromatic ring is 1. The van der Waals surface area contributed by atoms with E-state index in [1.165, 1.54) is 4.57 Å². The van der Waals surface area contributed by atoms with Gasteiger partial charge in [-0.15, -0.1) is 0 Å². The Morgan fingerprint density at radius 2 is 2.15 bits per heavy atom. The lowest BCUT2D eigenvalue weighted by molar-refractivity contribution is 0.873. The van der Waals surface area contributed by atoms with Crippen LogP contribution in [0.3, 0.4) is 0 Å². The quantitative estimate of drug-likeness (QED) is 0.573. The lowest BCUT2D eigenvalue weighted by atomic mass is 10.5. The Bertz CT molecular complexity index is 523. The van der Waals surface area contributed by atoms with Gasteiger partial charge in [0.2, 0.25) is 0 Å². The average Bonchev–Trinajstić information content (AvgIpc) is 2.32. The van der Waals surface area contributed by atoms with Crippen molar-refractivity contribution in [3.8, 4) is 0 Å². The van der Waals surface area contributed by atoms with E-state index in [0.29, 0.717) is 22.8 Å². The molecule has 0 atom stereocenters. The Hall–Kier alpha value is -1.85. The molecule has 2 heterocycles. The van der Waals surface area contributed by atoms with Crippen molar-refractivity contribution in [3.63, 3.8) is 0 Å². The molecule has 13 heavy (non-hydrogen) atoms. The molecule has 0 radical (unpaired) electrons. The molecule has 0 aliphatic carbocycles. The topological polar surface area (TPSA) is 89.6 Å². The van der Waals surface area contributed by atoms with Gasteiger partial charge in [-0.3, -0.25) is 4.57 Å². The number of aromatic amines is 1. The average molecular weight is 179 g/mol. The minimum absolute atomic E-state index is 0.235. The number of aromatic nitrogens is 4. The van der Waals surface area contributed by atoms with Crippen LogP contribution in [0.15, 0.2) is 4.79 Å². The highest BCUT2D eigenvalue weighted by molar-refractivity contribution is 5.81. The molecule has 0 amide bonds. The van der Waals surface area contributed by atoms with Crippen LogP contribution in [0.25, 0.3) is 11.2 Å².